The number of hydrogen-bond donors (Lipinski definition) is 0. The highest BCUT2D eigenvalue weighted by atomic mass is 127. The predicted molar refractivity (Wildman–Crippen MR) is 25.5 cm³/mol. The first-order valence-corrected chi connectivity index (χ1v) is 1.75. The molecule has 0 heterocycles. The minimum Gasteiger partial charge on any atom is -0.141 e. The van der Waals surface area contributed by atoms with Crippen LogP contribution in [0.15, 0.2) is 0 Å². The average Bonchev–Trinajstić information content (AvgIpc) is 0.811. The zero-order valence-corrected chi connectivity index (χ0v) is 4.36. The van der Waals surface area contributed by atoms with Crippen LogP contribution >= 0.6 is 22.9 Å². The van der Waals surface area contributed by atoms with Crippen LogP contribution in [0, 0.1) is 0 Å². The number of hydrogen-bond acceptors (Lipinski definition) is 1. The fraction of sp³-hybridized carbons (Fsp3) is 0. The van der Waals surface area contributed by atoms with Gasteiger partial charge < -0.3 is 0 Å². The Hall–Kier alpha value is 0.685. The fourth-order valence-electron chi connectivity index (χ4n) is 0. The maximum absolute atomic E-state index is 10.8. The molecule has 0 amide bonds. The Morgan fingerprint density at radius 1 is 2.00 bits per heavy atom. The summed E-state index contributed by atoms with van der Waals surface area (Å²) in [5, 5.41) is 0. The smallest absolute Gasteiger partial charge is 0.141 e. The molecular weight excluding hydrogens is 171 g/mol. The predicted octanol–water partition coefficient (Wildman–Crippen LogP) is 0.0710. The van der Waals surface area contributed by atoms with Crippen molar-refractivity contribution in [1.82, 2.24) is 3.25 Å². The van der Waals surface area contributed by atoms with Crippen LogP contribution in [0.3, 0.4) is 0 Å². The van der Waals surface area contributed by atoms with E-state index in [1.807, 2.05) is 0 Å². The van der Waals surface area contributed by atoms with Crippen LogP contribution in [-0.2, 0) is 0 Å². The summed E-state index contributed by atoms with van der Waals surface area (Å²) in [6.07, 6.45) is 0. The molecule has 0 saturated carbocycles. The highest BCUT2D eigenvalue weighted by Gasteiger charge is 1.70. The van der Waals surface area contributed by atoms with Crippen molar-refractivity contribution < 1.29 is 4.48 Å². The van der Waals surface area contributed by atoms with Gasteiger partial charge in [-0.1, -0.05) is 0 Å². The van der Waals surface area contributed by atoms with Gasteiger partial charge in [0.05, 0.1) is 0 Å². The zero-order chi connectivity index (χ0) is 3.58. The monoisotopic (exact) mass is 173 g/mol. The molecule has 24 valence electrons. The summed E-state index contributed by atoms with van der Waals surface area (Å²) in [6, 6.07) is 0. The van der Waals surface area contributed by atoms with Gasteiger partial charge in [-0.2, -0.15) is 0 Å². The second-order valence-corrected chi connectivity index (χ2v) is 1.73. The van der Waals surface area contributed by atoms with Crippen molar-refractivity contribution in [2.75, 3.05) is 0 Å². The molecule has 4 heteroatoms. The van der Waals surface area contributed by atoms with Crippen LogP contribution in [0.2, 0.25) is 0 Å². The zero-order valence-electron chi connectivity index (χ0n) is 2.20. The Bertz CT molecular complexity index is 12.8. The standard InChI is InChI=1S/BFH2IN/c1-4(2)3/h1H2. The number of nitrogens with zero attached hydrogens (tertiary/aromatic N) is 1. The third-order valence-electron chi connectivity index (χ3n) is 0. The summed E-state index contributed by atoms with van der Waals surface area (Å²) in [5.74, 6) is 0. The molecule has 0 aliphatic rings. The maximum atomic E-state index is 10.8. The third kappa shape index (κ3) is 16.2. The Kier molecular flexibility index (Phi) is 2.29. The van der Waals surface area contributed by atoms with Crippen LogP contribution in [-0.4, -0.2) is 11.2 Å². The van der Waals surface area contributed by atoms with Gasteiger partial charge in [-0.05, 0) is 0 Å². The van der Waals surface area contributed by atoms with Crippen molar-refractivity contribution in [1.29, 1.82) is 0 Å². The molecule has 0 bridgehead atoms. The van der Waals surface area contributed by atoms with E-state index in [1.54, 1.807) is 0 Å². The van der Waals surface area contributed by atoms with Crippen molar-refractivity contribution in [3.05, 3.63) is 0 Å². The van der Waals surface area contributed by atoms with E-state index in [0.717, 1.165) is 0 Å². The number of rotatable bonds is 0. The first-order chi connectivity index (χ1) is 1.73. The largest absolute Gasteiger partial charge is 0.242 e. The van der Waals surface area contributed by atoms with Gasteiger partial charge in [-0.15, -0.1) is 7.73 Å². The van der Waals surface area contributed by atoms with E-state index in [9.17, 15) is 4.48 Å². The lowest BCUT2D eigenvalue weighted by Crippen LogP contribution is -1.82. The van der Waals surface area contributed by atoms with Gasteiger partial charge in [0.25, 0.3) is 0 Å². The van der Waals surface area contributed by atoms with Crippen molar-refractivity contribution in [3.8, 4) is 0 Å². The van der Waals surface area contributed by atoms with Crippen LogP contribution in [0.5, 0.6) is 0 Å². The minimum atomic E-state index is 0.470. The molecule has 0 rings (SSSR count). The van der Waals surface area contributed by atoms with E-state index in [2.05, 4.69) is 0 Å². The molecule has 0 N–H and O–H groups in total. The fourth-order valence-corrected chi connectivity index (χ4v) is 0. The summed E-state index contributed by atoms with van der Waals surface area (Å²) in [5.41, 5.74) is 0. The van der Waals surface area contributed by atoms with E-state index in [1.165, 1.54) is 30.8 Å². The molecule has 0 aromatic carbocycles. The van der Waals surface area contributed by atoms with Gasteiger partial charge in [0, 0.05) is 22.9 Å². The molecule has 0 atom stereocenters. The first kappa shape index (κ1) is 4.68. The lowest BCUT2D eigenvalue weighted by atomic mass is 10.5. The summed E-state index contributed by atoms with van der Waals surface area (Å²) in [7, 11) is 1.32. The molecule has 0 spiro atoms. The molecule has 0 radical (unpaired) electrons. The van der Waals surface area contributed by atoms with Gasteiger partial charge >= 0.3 is 0 Å². The summed E-state index contributed by atoms with van der Waals surface area (Å²) >= 11 is 1.51. The van der Waals surface area contributed by atoms with Gasteiger partial charge in [-0.25, -0.2) is 0 Å². The van der Waals surface area contributed by atoms with E-state index in [4.69, 9.17) is 0 Å². The second-order valence-electron chi connectivity index (χ2n) is 0.402. The Balaban J connectivity index is 2.32. The Morgan fingerprint density at radius 2 is 2.00 bits per heavy atom. The van der Waals surface area contributed by atoms with Crippen LogP contribution in [0.25, 0.3) is 0 Å². The van der Waals surface area contributed by atoms with E-state index >= 15 is 0 Å². The topological polar surface area (TPSA) is 3.24 Å². The van der Waals surface area contributed by atoms with Gasteiger partial charge in [0.15, 0.2) is 0 Å². The molecule has 0 saturated heterocycles. The molecule has 0 aliphatic heterocycles. The van der Waals surface area contributed by atoms with Gasteiger partial charge in [0.2, 0.25) is 7.98 Å². The molecule has 0 aromatic rings. The molecule has 0 fully saturated rings. The second kappa shape index (κ2) is 1.96. The van der Waals surface area contributed by atoms with Crippen molar-refractivity contribution in [2.24, 2.45) is 0 Å². The summed E-state index contributed by atoms with van der Waals surface area (Å²) in [6.45, 7) is 0. The molecule has 1 nitrogen and oxygen atoms in total. The van der Waals surface area contributed by atoms with Crippen molar-refractivity contribution in [2.45, 2.75) is 0 Å². The molecule has 0 aromatic heterocycles. The summed E-state index contributed by atoms with van der Waals surface area (Å²) in [4.78, 5) is 0. The SMILES string of the molecule is BN(F)I. The van der Waals surface area contributed by atoms with E-state index in [-0.39, 0.29) is 0 Å². The van der Waals surface area contributed by atoms with Crippen molar-refractivity contribution in [3.63, 3.8) is 0 Å². The van der Waals surface area contributed by atoms with Crippen molar-refractivity contribution >= 4 is 30.8 Å². The van der Waals surface area contributed by atoms with Gasteiger partial charge in [-0.3, -0.25) is 0 Å². The van der Waals surface area contributed by atoms with E-state index in [0.29, 0.717) is 3.25 Å². The molecule has 4 heavy (non-hydrogen) atoms. The average molecular weight is 173 g/mol. The minimum absolute atomic E-state index is 0.470. The maximum Gasteiger partial charge on any atom is 0.242 e. The van der Waals surface area contributed by atoms with E-state index < -0.39 is 0 Å². The highest BCUT2D eigenvalue weighted by molar-refractivity contribution is 14.1. The highest BCUT2D eigenvalue weighted by Crippen LogP contribution is 1.86. The van der Waals surface area contributed by atoms with Gasteiger partial charge in [0.1, 0.15) is 0 Å². The van der Waals surface area contributed by atoms with Crippen LogP contribution in [0.1, 0.15) is 0 Å². The van der Waals surface area contributed by atoms with Crippen LogP contribution < -0.4 is 0 Å². The lowest BCUT2D eigenvalue weighted by Gasteiger charge is -1.79. The molecule has 0 aliphatic carbocycles. The Labute approximate surface area is 39.0 Å². The normalized spacial score (nSPS) is 8.75. The number of halogens is 2. The van der Waals surface area contributed by atoms with Crippen LogP contribution in [0.4, 0.5) is 4.48 Å². The lowest BCUT2D eigenvalue weighted by molar-refractivity contribution is 0.318. The molecular formula is H2BFIN. The third-order valence-corrected chi connectivity index (χ3v) is 0. The quantitative estimate of drug-likeness (QED) is 0.284. The molecule has 0 unspecified atom stereocenters. The Morgan fingerprint density at radius 3 is 2.00 bits per heavy atom. The summed E-state index contributed by atoms with van der Waals surface area (Å²) < 4.78 is 11.3. The first-order valence-electron chi connectivity index (χ1n) is 0.785.